The number of aryl methyl sites for hydroxylation is 1. The van der Waals surface area contributed by atoms with Gasteiger partial charge in [0.15, 0.2) is 12.5 Å². The maximum Gasteiger partial charge on any atom is 0.422 e. The van der Waals surface area contributed by atoms with Crippen molar-refractivity contribution < 1.29 is 31.9 Å². The van der Waals surface area contributed by atoms with Crippen molar-refractivity contribution in [1.29, 1.82) is 0 Å². The van der Waals surface area contributed by atoms with Crippen molar-refractivity contribution in [1.82, 2.24) is 14.9 Å². The predicted molar refractivity (Wildman–Crippen MR) is 134 cm³/mol. The van der Waals surface area contributed by atoms with E-state index in [9.17, 15) is 18.0 Å². The molecule has 0 saturated heterocycles. The lowest BCUT2D eigenvalue weighted by Gasteiger charge is -2.34. The van der Waals surface area contributed by atoms with Crippen molar-refractivity contribution in [3.8, 4) is 5.88 Å². The number of carbonyl (C=O) groups excluding carboxylic acids is 1. The van der Waals surface area contributed by atoms with Crippen molar-refractivity contribution in [3.05, 3.63) is 41.2 Å². The van der Waals surface area contributed by atoms with E-state index in [-0.39, 0.29) is 30.2 Å². The second kappa shape index (κ2) is 12.8. The third-order valence-electron chi connectivity index (χ3n) is 7.30. The number of nitrogens with zero attached hydrogens (tertiary/aromatic N) is 4. The van der Waals surface area contributed by atoms with Gasteiger partial charge >= 0.3 is 6.18 Å². The molecule has 2 aromatic rings. The number of ether oxygens (including phenoxy) is 2. The molecule has 1 aliphatic carbocycles. The zero-order chi connectivity index (χ0) is 27.1. The molecule has 0 aromatic carbocycles. The van der Waals surface area contributed by atoms with E-state index < -0.39 is 12.8 Å². The molecule has 8 nitrogen and oxygen atoms in total. The Labute approximate surface area is 220 Å². The SMILES string of the molecule is CO[C@@H](CN1CCc2ccc(OCC(F)(F)F)nc2CC1)C1CCC(/C=N/C(=O)Cc2cnc(C)o2)CC1. The lowest BCUT2D eigenvalue weighted by atomic mass is 9.79. The Morgan fingerprint density at radius 2 is 2.00 bits per heavy atom. The van der Waals surface area contributed by atoms with Crippen LogP contribution in [0.4, 0.5) is 13.2 Å². The summed E-state index contributed by atoms with van der Waals surface area (Å²) in [5.41, 5.74) is 1.85. The summed E-state index contributed by atoms with van der Waals surface area (Å²) in [5, 5.41) is 0. The van der Waals surface area contributed by atoms with Crippen LogP contribution in [0.3, 0.4) is 0 Å². The second-order valence-corrected chi connectivity index (χ2v) is 10.1. The highest BCUT2D eigenvalue weighted by molar-refractivity contribution is 5.86. The molecule has 0 N–H and O–H groups in total. The van der Waals surface area contributed by atoms with E-state index in [4.69, 9.17) is 13.9 Å². The number of halogens is 3. The zero-order valence-corrected chi connectivity index (χ0v) is 21.9. The number of aliphatic imine (C=N–C) groups is 1. The molecule has 208 valence electrons. The second-order valence-electron chi connectivity index (χ2n) is 10.1. The standard InChI is InChI=1S/C27H35F3N4O4/c1-18-31-15-22(38-18)13-25(35)32-14-19-3-5-21(6-4-19)24(36-2)16-34-11-9-20-7-8-26(33-23(20)10-12-34)37-17-27(28,29)30/h7-8,14-15,19,21,24H,3-6,9-13,16-17H2,1-2H3/b32-14+/t19?,21?,24-/m0/s1. The van der Waals surface area contributed by atoms with Crippen LogP contribution in [0.15, 0.2) is 27.7 Å². The first-order chi connectivity index (χ1) is 18.2. The van der Waals surface area contributed by atoms with Gasteiger partial charge in [0.05, 0.1) is 18.7 Å². The van der Waals surface area contributed by atoms with Gasteiger partial charge in [0.2, 0.25) is 5.88 Å². The van der Waals surface area contributed by atoms with Gasteiger partial charge in [-0.15, -0.1) is 0 Å². The Hall–Kier alpha value is -2.79. The first-order valence-corrected chi connectivity index (χ1v) is 13.1. The molecule has 2 aliphatic rings. The molecule has 0 spiro atoms. The van der Waals surface area contributed by atoms with Gasteiger partial charge in [-0.1, -0.05) is 6.07 Å². The van der Waals surface area contributed by atoms with Gasteiger partial charge in [-0.3, -0.25) is 4.79 Å². The summed E-state index contributed by atoms with van der Waals surface area (Å²) in [5.74, 6) is 1.54. The largest absolute Gasteiger partial charge is 0.468 e. The third kappa shape index (κ3) is 8.36. The number of carbonyl (C=O) groups is 1. The van der Waals surface area contributed by atoms with Gasteiger partial charge in [-0.25, -0.2) is 15.0 Å². The lowest BCUT2D eigenvalue weighted by molar-refractivity contribution is -0.154. The molecule has 38 heavy (non-hydrogen) atoms. The number of alkyl halides is 3. The minimum absolute atomic E-state index is 0.0133. The monoisotopic (exact) mass is 536 g/mol. The van der Waals surface area contributed by atoms with Crippen LogP contribution in [-0.2, 0) is 28.8 Å². The summed E-state index contributed by atoms with van der Waals surface area (Å²) in [6.45, 7) is 2.79. The molecular formula is C27H35F3N4O4. The van der Waals surface area contributed by atoms with Crippen LogP contribution in [0.1, 0.15) is 48.6 Å². The summed E-state index contributed by atoms with van der Waals surface area (Å²) in [7, 11) is 1.75. The molecular weight excluding hydrogens is 501 g/mol. The minimum atomic E-state index is -4.39. The highest BCUT2D eigenvalue weighted by atomic mass is 19.4. The average molecular weight is 537 g/mol. The molecule has 0 bridgehead atoms. The summed E-state index contributed by atoms with van der Waals surface area (Å²) in [4.78, 5) is 27.0. The number of hydrogen-bond donors (Lipinski definition) is 0. The van der Waals surface area contributed by atoms with Crippen LogP contribution in [-0.4, -0.2) is 72.6 Å². The van der Waals surface area contributed by atoms with E-state index in [0.29, 0.717) is 24.0 Å². The Morgan fingerprint density at radius 1 is 1.24 bits per heavy atom. The molecule has 2 aromatic heterocycles. The normalized spacial score (nSPS) is 21.7. The fraction of sp³-hybridized carbons (Fsp3) is 0.630. The van der Waals surface area contributed by atoms with E-state index in [2.05, 4.69) is 19.9 Å². The quantitative estimate of drug-likeness (QED) is 0.440. The van der Waals surface area contributed by atoms with E-state index in [0.717, 1.165) is 63.0 Å². The highest BCUT2D eigenvalue weighted by Crippen LogP contribution is 2.32. The number of amides is 1. The van der Waals surface area contributed by atoms with E-state index in [1.165, 1.54) is 6.07 Å². The van der Waals surface area contributed by atoms with Crippen molar-refractivity contribution in [2.45, 2.75) is 64.1 Å². The van der Waals surface area contributed by atoms with Gasteiger partial charge in [0, 0.05) is 58.1 Å². The highest BCUT2D eigenvalue weighted by Gasteiger charge is 2.30. The number of hydrogen-bond acceptors (Lipinski definition) is 7. The number of aromatic nitrogens is 2. The maximum absolute atomic E-state index is 12.5. The van der Waals surface area contributed by atoms with E-state index >= 15 is 0 Å². The summed E-state index contributed by atoms with van der Waals surface area (Å²) in [6.07, 6.45) is 4.51. The maximum atomic E-state index is 12.5. The van der Waals surface area contributed by atoms with Gasteiger partial charge in [0.25, 0.3) is 5.91 Å². The van der Waals surface area contributed by atoms with Crippen LogP contribution in [0.25, 0.3) is 0 Å². The Morgan fingerprint density at radius 3 is 2.68 bits per heavy atom. The Balaban J connectivity index is 1.23. The van der Waals surface area contributed by atoms with Crippen molar-refractivity contribution >= 4 is 12.1 Å². The van der Waals surface area contributed by atoms with E-state index in [1.807, 2.05) is 6.07 Å². The fourth-order valence-electron chi connectivity index (χ4n) is 5.23. The van der Waals surface area contributed by atoms with E-state index in [1.54, 1.807) is 26.4 Å². The van der Waals surface area contributed by atoms with Crippen molar-refractivity contribution in [3.63, 3.8) is 0 Å². The number of fused-ring (bicyclic) bond motifs is 1. The third-order valence-corrected chi connectivity index (χ3v) is 7.30. The average Bonchev–Trinajstić information content (AvgIpc) is 3.19. The molecule has 11 heteroatoms. The first kappa shape index (κ1) is 28.2. The number of rotatable bonds is 9. The van der Waals surface area contributed by atoms with Crippen LogP contribution < -0.4 is 4.74 Å². The van der Waals surface area contributed by atoms with Gasteiger partial charge in [-0.05, 0) is 49.5 Å². The van der Waals surface area contributed by atoms with Gasteiger partial charge in [-0.2, -0.15) is 13.2 Å². The zero-order valence-electron chi connectivity index (χ0n) is 21.9. The molecule has 0 radical (unpaired) electrons. The number of oxazole rings is 1. The molecule has 1 saturated carbocycles. The van der Waals surface area contributed by atoms with Crippen LogP contribution in [0.5, 0.6) is 5.88 Å². The summed E-state index contributed by atoms with van der Waals surface area (Å²) >= 11 is 0. The molecule has 1 aliphatic heterocycles. The Bertz CT molecular complexity index is 1100. The molecule has 4 rings (SSSR count). The van der Waals surface area contributed by atoms with Crippen LogP contribution in [0, 0.1) is 18.8 Å². The van der Waals surface area contributed by atoms with Gasteiger partial charge < -0.3 is 18.8 Å². The smallest absolute Gasteiger partial charge is 0.422 e. The van der Waals surface area contributed by atoms with Crippen molar-refractivity contribution in [2.24, 2.45) is 16.8 Å². The molecule has 1 atom stereocenters. The van der Waals surface area contributed by atoms with Crippen molar-refractivity contribution in [2.75, 3.05) is 33.4 Å². The van der Waals surface area contributed by atoms with Crippen LogP contribution in [0.2, 0.25) is 0 Å². The van der Waals surface area contributed by atoms with Gasteiger partial charge in [0.1, 0.15) is 5.76 Å². The molecule has 0 unspecified atom stereocenters. The molecule has 1 amide bonds. The summed E-state index contributed by atoms with van der Waals surface area (Å²) in [6, 6.07) is 3.34. The number of methoxy groups -OCH3 is 1. The lowest BCUT2D eigenvalue weighted by Crippen LogP contribution is -2.40. The fourth-order valence-corrected chi connectivity index (χ4v) is 5.23. The number of pyridine rings is 1. The summed E-state index contributed by atoms with van der Waals surface area (Å²) < 4.78 is 53.5. The topological polar surface area (TPSA) is 90.1 Å². The Kier molecular flexibility index (Phi) is 9.54. The van der Waals surface area contributed by atoms with Crippen LogP contribution >= 0.6 is 0 Å². The predicted octanol–water partition coefficient (Wildman–Crippen LogP) is 4.38. The first-order valence-electron chi connectivity index (χ1n) is 13.1. The minimum Gasteiger partial charge on any atom is -0.468 e. The molecule has 3 heterocycles. The molecule has 1 fully saturated rings.